The summed E-state index contributed by atoms with van der Waals surface area (Å²) in [6.07, 6.45) is 3.53. The third kappa shape index (κ3) is 3.63. The quantitative estimate of drug-likeness (QED) is 0.891. The lowest BCUT2D eigenvalue weighted by molar-refractivity contribution is 0.528. The smallest absolute Gasteiger partial charge is 0.0850 e. The molecule has 0 bridgehead atoms. The summed E-state index contributed by atoms with van der Waals surface area (Å²) in [5, 5.41) is 8.83. The van der Waals surface area contributed by atoms with Crippen LogP contribution in [0.5, 0.6) is 0 Å². The molecule has 0 spiro atoms. The zero-order chi connectivity index (χ0) is 15.4. The molecular formula is C16H23ClN4. The Morgan fingerprint density at radius 2 is 2.14 bits per heavy atom. The first kappa shape index (κ1) is 16.0. The summed E-state index contributed by atoms with van der Waals surface area (Å²) < 4.78 is 1.90. The number of rotatable bonds is 6. The summed E-state index contributed by atoms with van der Waals surface area (Å²) >= 11 is 6.47. The van der Waals surface area contributed by atoms with Crippen LogP contribution in [0.4, 0.5) is 0 Å². The van der Waals surface area contributed by atoms with Crippen molar-refractivity contribution in [3.8, 4) is 0 Å². The third-order valence-corrected chi connectivity index (χ3v) is 4.11. The van der Waals surface area contributed by atoms with Crippen molar-refractivity contribution in [2.75, 3.05) is 6.54 Å². The Labute approximate surface area is 131 Å². The molecule has 114 valence electrons. The van der Waals surface area contributed by atoms with Crippen LogP contribution >= 0.6 is 11.6 Å². The van der Waals surface area contributed by atoms with Crippen molar-refractivity contribution in [3.05, 3.63) is 46.0 Å². The molecule has 0 aliphatic carbocycles. The first-order chi connectivity index (χ1) is 10.1. The Morgan fingerprint density at radius 1 is 1.38 bits per heavy atom. The van der Waals surface area contributed by atoms with Crippen molar-refractivity contribution in [3.63, 3.8) is 0 Å². The molecule has 2 rings (SSSR count). The number of pyridine rings is 1. The fourth-order valence-corrected chi connectivity index (χ4v) is 2.94. The van der Waals surface area contributed by atoms with Gasteiger partial charge in [0.05, 0.1) is 16.4 Å². The number of aryl methyl sites for hydroxylation is 3. The lowest BCUT2D eigenvalue weighted by atomic mass is 10.0. The lowest BCUT2D eigenvalue weighted by Crippen LogP contribution is -2.24. The molecule has 2 aromatic rings. The highest BCUT2D eigenvalue weighted by Crippen LogP contribution is 2.26. The molecule has 0 radical (unpaired) electrons. The summed E-state index contributed by atoms with van der Waals surface area (Å²) in [6.45, 7) is 7.11. The molecule has 0 aliphatic heterocycles. The van der Waals surface area contributed by atoms with Crippen LogP contribution in [0.25, 0.3) is 0 Å². The van der Waals surface area contributed by atoms with Crippen LogP contribution in [0.3, 0.4) is 0 Å². The van der Waals surface area contributed by atoms with Crippen molar-refractivity contribution >= 4 is 11.6 Å². The largest absolute Gasteiger partial charge is 0.310 e. The fraction of sp³-hybridized carbons (Fsp3) is 0.500. The second-order valence-electron chi connectivity index (χ2n) is 5.23. The number of nitrogens with one attached hydrogen (secondary N) is 1. The summed E-state index contributed by atoms with van der Waals surface area (Å²) in [4.78, 5) is 4.27. The normalized spacial score (nSPS) is 12.6. The van der Waals surface area contributed by atoms with Crippen LogP contribution in [0.1, 0.15) is 42.5 Å². The van der Waals surface area contributed by atoms with Gasteiger partial charge in [0, 0.05) is 31.4 Å². The summed E-state index contributed by atoms with van der Waals surface area (Å²) in [6, 6.07) is 4.40. The first-order valence-corrected chi connectivity index (χ1v) is 7.80. The van der Waals surface area contributed by atoms with Crippen LogP contribution in [0.2, 0.25) is 5.02 Å². The molecule has 2 aromatic heterocycles. The van der Waals surface area contributed by atoms with E-state index in [0.717, 1.165) is 41.5 Å². The minimum Gasteiger partial charge on any atom is -0.310 e. The summed E-state index contributed by atoms with van der Waals surface area (Å²) in [5.74, 6) is 0. The highest BCUT2D eigenvalue weighted by Gasteiger charge is 2.19. The van der Waals surface area contributed by atoms with Gasteiger partial charge in [0.25, 0.3) is 0 Å². The van der Waals surface area contributed by atoms with Crippen LogP contribution in [-0.2, 0) is 19.9 Å². The molecule has 2 heterocycles. The van der Waals surface area contributed by atoms with Crippen molar-refractivity contribution in [2.24, 2.45) is 7.05 Å². The van der Waals surface area contributed by atoms with Crippen molar-refractivity contribution in [1.29, 1.82) is 0 Å². The molecule has 0 saturated heterocycles. The summed E-state index contributed by atoms with van der Waals surface area (Å²) in [5.41, 5.74) is 4.31. The molecule has 5 heteroatoms. The summed E-state index contributed by atoms with van der Waals surface area (Å²) in [7, 11) is 1.96. The molecule has 21 heavy (non-hydrogen) atoms. The average molecular weight is 307 g/mol. The second kappa shape index (κ2) is 7.05. The SMILES string of the molecule is CCNC(Cc1c(Cl)c(CC)nn1C)c1ccnc(C)c1. The van der Waals surface area contributed by atoms with E-state index in [-0.39, 0.29) is 6.04 Å². The number of hydrogen-bond acceptors (Lipinski definition) is 3. The van der Waals surface area contributed by atoms with E-state index in [9.17, 15) is 0 Å². The van der Waals surface area contributed by atoms with Gasteiger partial charge in [-0.2, -0.15) is 5.10 Å². The van der Waals surface area contributed by atoms with Gasteiger partial charge in [-0.1, -0.05) is 25.4 Å². The van der Waals surface area contributed by atoms with Gasteiger partial charge in [0.2, 0.25) is 0 Å². The number of nitrogens with zero attached hydrogens (tertiary/aromatic N) is 3. The molecule has 0 saturated carbocycles. The second-order valence-corrected chi connectivity index (χ2v) is 5.61. The van der Waals surface area contributed by atoms with Crippen LogP contribution in [0, 0.1) is 6.92 Å². The third-order valence-electron chi connectivity index (χ3n) is 3.67. The van der Waals surface area contributed by atoms with Crippen molar-refractivity contribution in [1.82, 2.24) is 20.1 Å². The molecule has 4 nitrogen and oxygen atoms in total. The van der Waals surface area contributed by atoms with E-state index in [1.807, 2.05) is 24.9 Å². The molecule has 1 unspecified atom stereocenters. The van der Waals surface area contributed by atoms with E-state index in [0.29, 0.717) is 0 Å². The predicted octanol–water partition coefficient (Wildman–Crippen LogP) is 3.23. The zero-order valence-corrected chi connectivity index (χ0v) is 13.9. The number of aromatic nitrogens is 3. The van der Waals surface area contributed by atoms with Crippen LogP contribution < -0.4 is 5.32 Å². The van der Waals surface area contributed by atoms with Gasteiger partial charge >= 0.3 is 0 Å². The minimum absolute atomic E-state index is 0.217. The maximum absolute atomic E-state index is 6.47. The Morgan fingerprint density at radius 3 is 2.71 bits per heavy atom. The molecule has 0 aliphatic rings. The van der Waals surface area contributed by atoms with Gasteiger partial charge in [-0.3, -0.25) is 9.67 Å². The van der Waals surface area contributed by atoms with E-state index in [4.69, 9.17) is 11.6 Å². The van der Waals surface area contributed by atoms with Gasteiger partial charge in [-0.15, -0.1) is 0 Å². The van der Waals surface area contributed by atoms with Crippen molar-refractivity contribution in [2.45, 2.75) is 39.7 Å². The monoisotopic (exact) mass is 306 g/mol. The molecule has 0 amide bonds. The van der Waals surface area contributed by atoms with Gasteiger partial charge in [0.1, 0.15) is 0 Å². The van der Waals surface area contributed by atoms with Gasteiger partial charge in [-0.25, -0.2) is 0 Å². The standard InChI is InChI=1S/C16H23ClN4/c1-5-13-16(17)15(21(4)20-13)10-14(18-6-2)12-7-8-19-11(3)9-12/h7-9,14,18H,5-6,10H2,1-4H3. The molecular weight excluding hydrogens is 284 g/mol. The Bertz CT molecular complexity index is 606. The van der Waals surface area contributed by atoms with Crippen molar-refractivity contribution < 1.29 is 0 Å². The first-order valence-electron chi connectivity index (χ1n) is 7.43. The highest BCUT2D eigenvalue weighted by atomic mass is 35.5. The lowest BCUT2D eigenvalue weighted by Gasteiger charge is -2.19. The fourth-order valence-electron chi connectivity index (χ4n) is 2.57. The van der Waals surface area contributed by atoms with Crippen LogP contribution in [-0.4, -0.2) is 21.3 Å². The van der Waals surface area contributed by atoms with E-state index in [2.05, 4.69) is 41.4 Å². The zero-order valence-electron chi connectivity index (χ0n) is 13.2. The van der Waals surface area contributed by atoms with Gasteiger partial charge < -0.3 is 5.32 Å². The van der Waals surface area contributed by atoms with E-state index in [1.54, 1.807) is 0 Å². The Balaban J connectivity index is 2.30. The molecule has 1 atom stereocenters. The van der Waals surface area contributed by atoms with Gasteiger partial charge in [-0.05, 0) is 37.6 Å². The van der Waals surface area contributed by atoms with Crippen LogP contribution in [0.15, 0.2) is 18.3 Å². The maximum atomic E-state index is 6.47. The highest BCUT2D eigenvalue weighted by molar-refractivity contribution is 6.31. The minimum atomic E-state index is 0.217. The Kier molecular flexibility index (Phi) is 5.37. The van der Waals surface area contributed by atoms with E-state index < -0.39 is 0 Å². The maximum Gasteiger partial charge on any atom is 0.0850 e. The van der Waals surface area contributed by atoms with E-state index >= 15 is 0 Å². The number of halogens is 1. The number of hydrogen-bond donors (Lipinski definition) is 1. The predicted molar refractivity (Wildman–Crippen MR) is 86.7 cm³/mol. The molecule has 0 aromatic carbocycles. The Hall–Kier alpha value is -1.39. The molecule has 0 fully saturated rings. The van der Waals surface area contributed by atoms with E-state index in [1.165, 1.54) is 5.56 Å². The topological polar surface area (TPSA) is 42.7 Å². The average Bonchev–Trinajstić information content (AvgIpc) is 2.74. The molecule has 1 N–H and O–H groups in total. The van der Waals surface area contributed by atoms with Gasteiger partial charge in [0.15, 0.2) is 0 Å². The number of likely N-dealkylation sites (N-methyl/N-ethyl adjacent to an activating group) is 1.